The zero-order chi connectivity index (χ0) is 13.9. The van der Waals surface area contributed by atoms with Crippen molar-refractivity contribution in [2.24, 2.45) is 0 Å². The highest BCUT2D eigenvalue weighted by atomic mass is 32.2. The molecule has 0 N–H and O–H groups in total. The summed E-state index contributed by atoms with van der Waals surface area (Å²) in [6.07, 6.45) is 4.15. The smallest absolute Gasteiger partial charge is 0.149 e. The van der Waals surface area contributed by atoms with Crippen molar-refractivity contribution in [1.82, 2.24) is 4.57 Å². The van der Waals surface area contributed by atoms with E-state index < -0.39 is 9.84 Å². The van der Waals surface area contributed by atoms with Crippen molar-refractivity contribution in [3.8, 4) is 5.75 Å². The molecule has 0 aliphatic heterocycles. The van der Waals surface area contributed by atoms with Crippen LogP contribution in [-0.2, 0) is 16.4 Å². The second-order valence-electron chi connectivity index (χ2n) is 4.71. The quantitative estimate of drug-likeness (QED) is 0.817. The Morgan fingerprint density at radius 2 is 2.05 bits per heavy atom. The van der Waals surface area contributed by atoms with Crippen LogP contribution in [0, 0.1) is 0 Å². The molecule has 0 unspecified atom stereocenters. The summed E-state index contributed by atoms with van der Waals surface area (Å²) in [5.41, 5.74) is 1.03. The first-order chi connectivity index (χ1) is 8.99. The Bertz CT molecular complexity index is 658. The lowest BCUT2D eigenvalue weighted by atomic mass is 10.2. The van der Waals surface area contributed by atoms with Crippen LogP contribution in [0.2, 0.25) is 0 Å². The van der Waals surface area contributed by atoms with Gasteiger partial charge in [-0.05, 0) is 30.7 Å². The van der Waals surface area contributed by atoms with Crippen molar-refractivity contribution >= 4 is 20.7 Å². The van der Waals surface area contributed by atoms with Crippen LogP contribution in [0.5, 0.6) is 5.75 Å². The zero-order valence-electron chi connectivity index (χ0n) is 11.3. The van der Waals surface area contributed by atoms with Crippen molar-refractivity contribution < 1.29 is 13.2 Å². The second-order valence-corrected chi connectivity index (χ2v) is 6.97. The maximum atomic E-state index is 11.2. The van der Waals surface area contributed by atoms with Crippen LogP contribution in [0.4, 0.5) is 0 Å². The summed E-state index contributed by atoms with van der Waals surface area (Å²) in [5, 5.41) is 1.07. The van der Waals surface area contributed by atoms with Gasteiger partial charge in [-0.2, -0.15) is 0 Å². The van der Waals surface area contributed by atoms with E-state index in [2.05, 4.69) is 6.92 Å². The molecule has 104 valence electrons. The summed E-state index contributed by atoms with van der Waals surface area (Å²) in [6.45, 7) is 3.26. The number of benzene rings is 1. The summed E-state index contributed by atoms with van der Waals surface area (Å²) in [6, 6.07) is 7.87. The Morgan fingerprint density at radius 1 is 1.26 bits per heavy atom. The summed E-state index contributed by atoms with van der Waals surface area (Å²) >= 11 is 0. The number of nitrogens with zero attached hydrogens (tertiary/aromatic N) is 1. The van der Waals surface area contributed by atoms with Gasteiger partial charge in [-0.15, -0.1) is 0 Å². The largest absolute Gasteiger partial charge is 0.494 e. The standard InChI is InChI=1S/C14H19NO3S/c1-3-9-18-13-4-5-14-12(11-13)6-7-15(14)8-10-19(2,16)17/h4-7,11H,3,8-10H2,1-2H3. The minimum Gasteiger partial charge on any atom is -0.494 e. The number of fused-ring (bicyclic) bond motifs is 1. The van der Waals surface area contributed by atoms with Gasteiger partial charge < -0.3 is 9.30 Å². The van der Waals surface area contributed by atoms with E-state index in [1.807, 2.05) is 35.0 Å². The fourth-order valence-electron chi connectivity index (χ4n) is 1.95. The Kier molecular flexibility index (Phi) is 4.14. The molecule has 0 saturated heterocycles. The molecule has 0 spiro atoms. The lowest BCUT2D eigenvalue weighted by molar-refractivity contribution is 0.318. The summed E-state index contributed by atoms with van der Waals surface area (Å²) in [5.74, 6) is 1.01. The van der Waals surface area contributed by atoms with E-state index in [9.17, 15) is 8.42 Å². The van der Waals surface area contributed by atoms with Gasteiger partial charge in [0.15, 0.2) is 0 Å². The predicted molar refractivity (Wildman–Crippen MR) is 77.4 cm³/mol. The van der Waals surface area contributed by atoms with Crippen LogP contribution >= 0.6 is 0 Å². The molecule has 2 rings (SSSR count). The average Bonchev–Trinajstić information content (AvgIpc) is 2.75. The van der Waals surface area contributed by atoms with E-state index in [4.69, 9.17) is 4.74 Å². The third-order valence-electron chi connectivity index (χ3n) is 2.92. The highest BCUT2D eigenvalue weighted by molar-refractivity contribution is 7.90. The molecule has 0 amide bonds. The van der Waals surface area contributed by atoms with Gasteiger partial charge in [-0.25, -0.2) is 8.42 Å². The molecule has 0 aliphatic carbocycles. The molecule has 0 aliphatic rings. The lowest BCUT2D eigenvalue weighted by Crippen LogP contribution is -2.10. The Hall–Kier alpha value is -1.49. The van der Waals surface area contributed by atoms with E-state index in [1.54, 1.807) is 0 Å². The maximum Gasteiger partial charge on any atom is 0.149 e. The third kappa shape index (κ3) is 3.73. The maximum absolute atomic E-state index is 11.2. The molecule has 0 atom stereocenters. The number of sulfone groups is 1. The molecule has 0 fully saturated rings. The minimum atomic E-state index is -2.93. The fraction of sp³-hybridized carbons (Fsp3) is 0.429. The molecule has 0 bridgehead atoms. The van der Waals surface area contributed by atoms with Crippen molar-refractivity contribution in [3.05, 3.63) is 30.5 Å². The molecule has 4 nitrogen and oxygen atoms in total. The molecule has 2 aromatic rings. The van der Waals surface area contributed by atoms with E-state index in [-0.39, 0.29) is 5.75 Å². The molecular weight excluding hydrogens is 262 g/mol. The molecule has 1 heterocycles. The summed E-state index contributed by atoms with van der Waals surface area (Å²) < 4.78 is 29.9. The van der Waals surface area contributed by atoms with Crippen molar-refractivity contribution in [3.63, 3.8) is 0 Å². The molecule has 0 radical (unpaired) electrons. The van der Waals surface area contributed by atoms with Gasteiger partial charge in [0.1, 0.15) is 15.6 Å². The molecule has 1 aromatic heterocycles. The van der Waals surface area contributed by atoms with E-state index in [0.29, 0.717) is 13.2 Å². The minimum absolute atomic E-state index is 0.158. The molecular formula is C14H19NO3S. The second kappa shape index (κ2) is 5.65. The van der Waals surface area contributed by atoms with Gasteiger partial charge in [-0.3, -0.25) is 0 Å². The number of hydrogen-bond donors (Lipinski definition) is 0. The number of hydrogen-bond acceptors (Lipinski definition) is 3. The van der Waals surface area contributed by atoms with E-state index in [1.165, 1.54) is 6.26 Å². The van der Waals surface area contributed by atoms with Crippen LogP contribution in [0.25, 0.3) is 10.9 Å². The Labute approximate surface area is 113 Å². The average molecular weight is 281 g/mol. The topological polar surface area (TPSA) is 48.3 Å². The number of ether oxygens (including phenoxy) is 1. The first-order valence-electron chi connectivity index (χ1n) is 6.39. The first-order valence-corrected chi connectivity index (χ1v) is 8.45. The number of rotatable bonds is 6. The van der Waals surface area contributed by atoms with Gasteiger partial charge in [-0.1, -0.05) is 6.92 Å². The Balaban J connectivity index is 2.19. The van der Waals surface area contributed by atoms with Gasteiger partial charge >= 0.3 is 0 Å². The van der Waals surface area contributed by atoms with E-state index in [0.717, 1.165) is 23.1 Å². The van der Waals surface area contributed by atoms with Crippen molar-refractivity contribution in [2.75, 3.05) is 18.6 Å². The monoisotopic (exact) mass is 281 g/mol. The van der Waals surface area contributed by atoms with Gasteiger partial charge in [0.25, 0.3) is 0 Å². The lowest BCUT2D eigenvalue weighted by Gasteiger charge is -2.07. The fourth-order valence-corrected chi connectivity index (χ4v) is 2.48. The molecule has 1 aromatic carbocycles. The predicted octanol–water partition coefficient (Wildman–Crippen LogP) is 2.47. The van der Waals surface area contributed by atoms with Crippen LogP contribution in [0.15, 0.2) is 30.5 Å². The van der Waals surface area contributed by atoms with Crippen LogP contribution in [0.1, 0.15) is 13.3 Å². The third-order valence-corrected chi connectivity index (χ3v) is 3.84. The SMILES string of the molecule is CCCOc1ccc2c(ccn2CCS(C)(=O)=O)c1. The van der Waals surface area contributed by atoms with Crippen LogP contribution < -0.4 is 4.74 Å². The number of aromatic nitrogens is 1. The van der Waals surface area contributed by atoms with Gasteiger partial charge in [0.2, 0.25) is 0 Å². The molecule has 19 heavy (non-hydrogen) atoms. The highest BCUT2D eigenvalue weighted by Crippen LogP contribution is 2.22. The molecule has 0 saturated carbocycles. The van der Waals surface area contributed by atoms with Crippen molar-refractivity contribution in [1.29, 1.82) is 0 Å². The summed E-state index contributed by atoms with van der Waals surface area (Å²) in [7, 11) is -2.93. The van der Waals surface area contributed by atoms with Gasteiger partial charge in [0.05, 0.1) is 12.4 Å². The zero-order valence-corrected chi connectivity index (χ0v) is 12.1. The Morgan fingerprint density at radius 3 is 2.74 bits per heavy atom. The van der Waals surface area contributed by atoms with Crippen LogP contribution in [0.3, 0.4) is 0 Å². The summed E-state index contributed by atoms with van der Waals surface area (Å²) in [4.78, 5) is 0. The first kappa shape index (κ1) is 13.9. The number of aryl methyl sites for hydroxylation is 1. The van der Waals surface area contributed by atoms with E-state index >= 15 is 0 Å². The van der Waals surface area contributed by atoms with Crippen molar-refractivity contribution in [2.45, 2.75) is 19.9 Å². The highest BCUT2D eigenvalue weighted by Gasteiger charge is 2.06. The van der Waals surface area contributed by atoms with Gasteiger partial charge in [0, 0.05) is 29.9 Å². The normalized spacial score (nSPS) is 11.9. The molecule has 5 heteroatoms. The van der Waals surface area contributed by atoms with Crippen LogP contribution in [-0.4, -0.2) is 31.6 Å².